The first kappa shape index (κ1) is 12.7. The number of halogens is 2. The van der Waals surface area contributed by atoms with Crippen LogP contribution in [-0.4, -0.2) is 38.3 Å². The van der Waals surface area contributed by atoms with Gasteiger partial charge in [0.2, 0.25) is 0 Å². The average Bonchev–Trinajstić information content (AvgIpc) is 2.37. The SMILES string of the molecule is CC(C)N1CC2CNCCN2c2cc(F)cc(F)c21. The van der Waals surface area contributed by atoms with Gasteiger partial charge in [-0.3, -0.25) is 0 Å². The van der Waals surface area contributed by atoms with Crippen molar-refractivity contribution in [3.05, 3.63) is 23.8 Å². The van der Waals surface area contributed by atoms with E-state index in [1.807, 2.05) is 18.7 Å². The number of piperazine rings is 1. The molecular formula is C14H19F2N3. The van der Waals surface area contributed by atoms with Gasteiger partial charge in [-0.15, -0.1) is 0 Å². The molecule has 0 aromatic heterocycles. The molecule has 0 saturated carbocycles. The highest BCUT2D eigenvalue weighted by atomic mass is 19.1. The molecule has 1 aromatic carbocycles. The molecule has 1 aromatic rings. The van der Waals surface area contributed by atoms with Gasteiger partial charge in [-0.1, -0.05) is 0 Å². The van der Waals surface area contributed by atoms with Crippen LogP contribution in [0.2, 0.25) is 0 Å². The highest BCUT2D eigenvalue weighted by Gasteiger charge is 2.35. The van der Waals surface area contributed by atoms with Crippen LogP contribution in [0.3, 0.4) is 0 Å². The molecule has 0 spiro atoms. The molecule has 2 heterocycles. The van der Waals surface area contributed by atoms with E-state index in [0.717, 1.165) is 32.2 Å². The van der Waals surface area contributed by atoms with E-state index in [9.17, 15) is 8.78 Å². The number of hydrogen-bond donors (Lipinski definition) is 1. The van der Waals surface area contributed by atoms with Crippen molar-refractivity contribution < 1.29 is 8.78 Å². The molecule has 1 atom stereocenters. The first-order chi connectivity index (χ1) is 9.08. The summed E-state index contributed by atoms with van der Waals surface area (Å²) in [4.78, 5) is 4.18. The fraction of sp³-hybridized carbons (Fsp3) is 0.571. The van der Waals surface area contributed by atoms with Crippen molar-refractivity contribution in [2.75, 3.05) is 36.0 Å². The third-order valence-corrected chi connectivity index (χ3v) is 3.99. The summed E-state index contributed by atoms with van der Waals surface area (Å²) in [6, 6.07) is 2.93. The van der Waals surface area contributed by atoms with Crippen LogP contribution in [0.1, 0.15) is 13.8 Å². The molecule has 5 heteroatoms. The van der Waals surface area contributed by atoms with E-state index in [1.165, 1.54) is 6.07 Å². The molecule has 104 valence electrons. The lowest BCUT2D eigenvalue weighted by Crippen LogP contribution is -2.60. The minimum Gasteiger partial charge on any atom is -0.363 e. The Morgan fingerprint density at radius 2 is 2.11 bits per heavy atom. The minimum atomic E-state index is -0.501. The number of hydrogen-bond acceptors (Lipinski definition) is 3. The van der Waals surface area contributed by atoms with E-state index in [4.69, 9.17) is 0 Å². The summed E-state index contributed by atoms with van der Waals surface area (Å²) in [6.45, 7) is 7.38. The zero-order valence-corrected chi connectivity index (χ0v) is 11.3. The van der Waals surface area contributed by atoms with E-state index in [1.54, 1.807) is 0 Å². The quantitative estimate of drug-likeness (QED) is 0.839. The zero-order valence-electron chi connectivity index (χ0n) is 11.3. The lowest BCUT2D eigenvalue weighted by Gasteiger charge is -2.48. The van der Waals surface area contributed by atoms with Crippen LogP contribution in [0, 0.1) is 11.6 Å². The van der Waals surface area contributed by atoms with Crippen molar-refractivity contribution in [1.29, 1.82) is 0 Å². The number of anilines is 2. The molecule has 0 bridgehead atoms. The van der Waals surface area contributed by atoms with E-state index in [0.29, 0.717) is 11.4 Å². The Morgan fingerprint density at radius 1 is 1.32 bits per heavy atom. The van der Waals surface area contributed by atoms with Crippen molar-refractivity contribution in [2.45, 2.75) is 25.9 Å². The third-order valence-electron chi connectivity index (χ3n) is 3.99. The topological polar surface area (TPSA) is 18.5 Å². The molecule has 0 aliphatic carbocycles. The van der Waals surface area contributed by atoms with Gasteiger partial charge in [-0.2, -0.15) is 0 Å². The van der Waals surface area contributed by atoms with Crippen molar-refractivity contribution in [2.24, 2.45) is 0 Å². The second kappa shape index (κ2) is 4.63. The van der Waals surface area contributed by atoms with E-state index < -0.39 is 11.6 Å². The Bertz CT molecular complexity index is 490. The number of rotatable bonds is 1. The molecule has 1 fully saturated rings. The molecule has 0 radical (unpaired) electrons. The van der Waals surface area contributed by atoms with Crippen LogP contribution in [0.5, 0.6) is 0 Å². The van der Waals surface area contributed by atoms with Crippen LogP contribution in [0.4, 0.5) is 20.2 Å². The molecule has 3 rings (SSSR count). The standard InChI is InChI=1S/C14H19F2N3/c1-9(2)19-8-11-7-17-3-4-18(11)13-6-10(15)5-12(16)14(13)19/h5-6,9,11,17H,3-4,7-8H2,1-2H3. The highest BCUT2D eigenvalue weighted by molar-refractivity contribution is 5.75. The maximum atomic E-state index is 14.2. The maximum absolute atomic E-state index is 14.2. The second-order valence-corrected chi connectivity index (χ2v) is 5.55. The maximum Gasteiger partial charge on any atom is 0.151 e. The lowest BCUT2D eigenvalue weighted by atomic mass is 10.0. The molecule has 19 heavy (non-hydrogen) atoms. The summed E-state index contributed by atoms with van der Waals surface area (Å²) < 4.78 is 27.7. The van der Waals surface area contributed by atoms with Crippen LogP contribution in [-0.2, 0) is 0 Å². The molecule has 1 N–H and O–H groups in total. The smallest absolute Gasteiger partial charge is 0.151 e. The van der Waals surface area contributed by atoms with E-state index in [-0.39, 0.29) is 12.1 Å². The molecule has 3 nitrogen and oxygen atoms in total. The Kier molecular flexibility index (Phi) is 3.09. The van der Waals surface area contributed by atoms with Crippen molar-refractivity contribution in [3.8, 4) is 0 Å². The summed E-state index contributed by atoms with van der Waals surface area (Å²) in [7, 11) is 0. The predicted molar refractivity (Wildman–Crippen MR) is 72.8 cm³/mol. The number of benzene rings is 1. The van der Waals surface area contributed by atoms with Gasteiger partial charge in [0.25, 0.3) is 0 Å². The minimum absolute atomic E-state index is 0.197. The van der Waals surface area contributed by atoms with Gasteiger partial charge in [0.05, 0.1) is 17.4 Å². The number of fused-ring (bicyclic) bond motifs is 3. The molecule has 0 amide bonds. The molecule has 1 unspecified atom stereocenters. The Hall–Kier alpha value is -1.36. The number of nitrogens with zero attached hydrogens (tertiary/aromatic N) is 2. The first-order valence-corrected chi connectivity index (χ1v) is 6.81. The van der Waals surface area contributed by atoms with Gasteiger partial charge in [0, 0.05) is 38.3 Å². The molecule has 2 aliphatic rings. The van der Waals surface area contributed by atoms with Gasteiger partial charge in [0.1, 0.15) is 5.82 Å². The van der Waals surface area contributed by atoms with Crippen LogP contribution in [0.25, 0.3) is 0 Å². The second-order valence-electron chi connectivity index (χ2n) is 5.55. The Morgan fingerprint density at radius 3 is 2.84 bits per heavy atom. The van der Waals surface area contributed by atoms with Gasteiger partial charge in [-0.25, -0.2) is 8.78 Å². The first-order valence-electron chi connectivity index (χ1n) is 6.81. The lowest BCUT2D eigenvalue weighted by molar-refractivity contribution is 0.440. The van der Waals surface area contributed by atoms with E-state index >= 15 is 0 Å². The van der Waals surface area contributed by atoms with Crippen LogP contribution in [0.15, 0.2) is 12.1 Å². The highest BCUT2D eigenvalue weighted by Crippen LogP contribution is 2.39. The summed E-state index contributed by atoms with van der Waals surface area (Å²) in [6.07, 6.45) is 0. The van der Waals surface area contributed by atoms with Crippen molar-refractivity contribution in [3.63, 3.8) is 0 Å². The average molecular weight is 267 g/mol. The normalized spacial score (nSPS) is 22.5. The third kappa shape index (κ3) is 2.06. The fourth-order valence-corrected chi connectivity index (χ4v) is 3.08. The van der Waals surface area contributed by atoms with Gasteiger partial charge < -0.3 is 15.1 Å². The number of nitrogens with one attached hydrogen (secondary N) is 1. The Balaban J connectivity index is 2.12. The molecule has 1 saturated heterocycles. The summed E-state index contributed by atoms with van der Waals surface area (Å²) in [5.41, 5.74) is 1.25. The summed E-state index contributed by atoms with van der Waals surface area (Å²) >= 11 is 0. The summed E-state index contributed by atoms with van der Waals surface area (Å²) in [5.74, 6) is -0.958. The van der Waals surface area contributed by atoms with Gasteiger partial charge in [-0.05, 0) is 19.9 Å². The molecule has 2 aliphatic heterocycles. The predicted octanol–water partition coefficient (Wildman–Crippen LogP) is 1.97. The van der Waals surface area contributed by atoms with Crippen molar-refractivity contribution in [1.82, 2.24) is 5.32 Å². The largest absolute Gasteiger partial charge is 0.363 e. The fourth-order valence-electron chi connectivity index (χ4n) is 3.08. The van der Waals surface area contributed by atoms with Gasteiger partial charge >= 0.3 is 0 Å². The zero-order chi connectivity index (χ0) is 13.6. The van der Waals surface area contributed by atoms with Crippen LogP contribution >= 0.6 is 0 Å². The molecular weight excluding hydrogens is 248 g/mol. The monoisotopic (exact) mass is 267 g/mol. The van der Waals surface area contributed by atoms with Crippen molar-refractivity contribution >= 4 is 11.4 Å². The van der Waals surface area contributed by atoms with Crippen LogP contribution < -0.4 is 15.1 Å². The Labute approximate surface area is 112 Å². The summed E-state index contributed by atoms with van der Waals surface area (Å²) in [5, 5.41) is 3.35. The van der Waals surface area contributed by atoms with E-state index in [2.05, 4.69) is 10.2 Å². The van der Waals surface area contributed by atoms with Gasteiger partial charge in [0.15, 0.2) is 5.82 Å².